The molecule has 6 nitrogen and oxygen atoms in total. The Morgan fingerprint density at radius 3 is 2.68 bits per heavy atom. The van der Waals surface area contributed by atoms with Crippen molar-refractivity contribution < 1.29 is 9.59 Å². The van der Waals surface area contributed by atoms with E-state index < -0.39 is 6.03 Å². The molecule has 3 rings (SSSR count). The van der Waals surface area contributed by atoms with E-state index in [4.69, 9.17) is 0 Å². The number of pyridine rings is 1. The zero-order valence-corrected chi connectivity index (χ0v) is 16.3. The SMILES string of the molecule is Cc1ccncc1C1=CCN(C(C)C(=O)NC(=O)NCc2ccccc2)CC1. The first-order chi connectivity index (χ1) is 13.5. The summed E-state index contributed by atoms with van der Waals surface area (Å²) in [6.07, 6.45) is 6.69. The number of rotatable bonds is 5. The molecule has 2 N–H and O–H groups in total. The van der Waals surface area contributed by atoms with Gasteiger partial charge < -0.3 is 5.32 Å². The molecular formula is C22H26N4O2. The number of benzene rings is 1. The largest absolute Gasteiger partial charge is 0.334 e. The molecule has 1 aromatic heterocycles. The summed E-state index contributed by atoms with van der Waals surface area (Å²) in [6, 6.07) is 10.7. The van der Waals surface area contributed by atoms with Crippen molar-refractivity contribution >= 4 is 17.5 Å². The second-order valence-electron chi connectivity index (χ2n) is 7.00. The van der Waals surface area contributed by atoms with Crippen LogP contribution in [0.4, 0.5) is 4.79 Å². The Labute approximate surface area is 165 Å². The van der Waals surface area contributed by atoms with E-state index in [-0.39, 0.29) is 11.9 Å². The monoisotopic (exact) mass is 378 g/mol. The van der Waals surface area contributed by atoms with E-state index in [1.165, 1.54) is 16.7 Å². The third-order valence-corrected chi connectivity index (χ3v) is 5.09. The van der Waals surface area contributed by atoms with Crippen LogP contribution in [0.5, 0.6) is 0 Å². The van der Waals surface area contributed by atoms with Gasteiger partial charge in [-0.15, -0.1) is 0 Å². The molecule has 1 aliphatic heterocycles. The summed E-state index contributed by atoms with van der Waals surface area (Å²) in [5.74, 6) is -0.292. The fourth-order valence-electron chi connectivity index (χ4n) is 3.29. The van der Waals surface area contributed by atoms with Gasteiger partial charge in [0.05, 0.1) is 6.04 Å². The number of imide groups is 1. The number of carbonyl (C=O) groups is 2. The number of amides is 3. The lowest BCUT2D eigenvalue weighted by atomic mass is 9.97. The molecule has 2 aromatic rings. The molecule has 0 bridgehead atoms. The highest BCUT2D eigenvalue weighted by Crippen LogP contribution is 2.25. The lowest BCUT2D eigenvalue weighted by Gasteiger charge is -2.31. The number of carbonyl (C=O) groups excluding carboxylic acids is 2. The lowest BCUT2D eigenvalue weighted by molar-refractivity contribution is -0.124. The molecule has 0 spiro atoms. The Morgan fingerprint density at radius 2 is 2.00 bits per heavy atom. The molecule has 1 atom stereocenters. The Bertz CT molecular complexity index is 864. The molecule has 146 valence electrons. The summed E-state index contributed by atoms with van der Waals surface area (Å²) in [4.78, 5) is 30.7. The minimum atomic E-state index is -0.472. The Kier molecular flexibility index (Phi) is 6.55. The number of aromatic nitrogens is 1. The second kappa shape index (κ2) is 9.28. The lowest BCUT2D eigenvalue weighted by Crippen LogP contribution is -2.50. The van der Waals surface area contributed by atoms with E-state index in [2.05, 4.69) is 33.5 Å². The standard InChI is InChI=1S/C22H26N4O2/c1-16-8-11-23-15-20(16)19-9-12-26(13-10-19)17(2)21(27)25-22(28)24-14-18-6-4-3-5-7-18/h3-9,11,15,17H,10,12-14H2,1-2H3,(H2,24,25,27,28). The minimum absolute atomic E-state index is 0.292. The van der Waals surface area contributed by atoms with Crippen LogP contribution in [0.25, 0.3) is 5.57 Å². The van der Waals surface area contributed by atoms with Gasteiger partial charge in [-0.3, -0.25) is 20.0 Å². The molecule has 0 saturated carbocycles. The van der Waals surface area contributed by atoms with Crippen LogP contribution in [0.2, 0.25) is 0 Å². The Balaban J connectivity index is 1.50. The average molecular weight is 378 g/mol. The van der Waals surface area contributed by atoms with Crippen molar-refractivity contribution in [1.29, 1.82) is 0 Å². The average Bonchev–Trinajstić information content (AvgIpc) is 2.73. The van der Waals surface area contributed by atoms with Crippen LogP contribution in [-0.2, 0) is 11.3 Å². The molecule has 2 heterocycles. The van der Waals surface area contributed by atoms with Gasteiger partial charge in [-0.25, -0.2) is 4.79 Å². The second-order valence-corrected chi connectivity index (χ2v) is 7.00. The number of hydrogen-bond acceptors (Lipinski definition) is 4. The molecule has 6 heteroatoms. The fraction of sp³-hybridized carbons (Fsp3) is 0.318. The van der Waals surface area contributed by atoms with Crippen molar-refractivity contribution in [3.05, 3.63) is 71.6 Å². The summed E-state index contributed by atoms with van der Waals surface area (Å²) < 4.78 is 0. The van der Waals surface area contributed by atoms with Gasteiger partial charge in [0.1, 0.15) is 0 Å². The van der Waals surface area contributed by atoms with E-state index >= 15 is 0 Å². The molecule has 28 heavy (non-hydrogen) atoms. The fourth-order valence-corrected chi connectivity index (χ4v) is 3.29. The molecule has 1 aliphatic rings. The Hall–Kier alpha value is -2.99. The van der Waals surface area contributed by atoms with Crippen molar-refractivity contribution in [1.82, 2.24) is 20.5 Å². The molecule has 1 aromatic carbocycles. The van der Waals surface area contributed by atoms with Gasteiger partial charge >= 0.3 is 6.03 Å². The van der Waals surface area contributed by atoms with Gasteiger partial charge in [0.25, 0.3) is 0 Å². The van der Waals surface area contributed by atoms with Crippen molar-refractivity contribution in [2.24, 2.45) is 0 Å². The third kappa shape index (κ3) is 5.04. The van der Waals surface area contributed by atoms with E-state index in [1.54, 1.807) is 6.20 Å². The summed E-state index contributed by atoms with van der Waals surface area (Å²) in [6.45, 7) is 5.72. The summed E-state index contributed by atoms with van der Waals surface area (Å²) in [5, 5.41) is 5.15. The first kappa shape index (κ1) is 19.8. The van der Waals surface area contributed by atoms with Crippen LogP contribution in [-0.4, -0.2) is 41.0 Å². The van der Waals surface area contributed by atoms with Gasteiger partial charge in [-0.1, -0.05) is 36.4 Å². The van der Waals surface area contributed by atoms with Gasteiger partial charge in [0.15, 0.2) is 0 Å². The predicted octanol–water partition coefficient (Wildman–Crippen LogP) is 2.89. The van der Waals surface area contributed by atoms with Crippen LogP contribution in [0.3, 0.4) is 0 Å². The van der Waals surface area contributed by atoms with Crippen molar-refractivity contribution in [2.75, 3.05) is 13.1 Å². The summed E-state index contributed by atoms with van der Waals surface area (Å²) in [5.41, 5.74) is 4.61. The van der Waals surface area contributed by atoms with Crippen LogP contribution in [0, 0.1) is 6.92 Å². The van der Waals surface area contributed by atoms with Gasteiger partial charge in [-0.2, -0.15) is 0 Å². The van der Waals surface area contributed by atoms with Crippen LogP contribution >= 0.6 is 0 Å². The number of urea groups is 1. The number of hydrogen-bond donors (Lipinski definition) is 2. The maximum Gasteiger partial charge on any atom is 0.321 e. The summed E-state index contributed by atoms with van der Waals surface area (Å²) >= 11 is 0. The Morgan fingerprint density at radius 1 is 1.21 bits per heavy atom. The number of nitrogens with one attached hydrogen (secondary N) is 2. The van der Waals surface area contributed by atoms with E-state index in [0.29, 0.717) is 13.1 Å². The van der Waals surface area contributed by atoms with Crippen LogP contribution in [0.1, 0.15) is 30.0 Å². The highest BCUT2D eigenvalue weighted by atomic mass is 16.2. The molecule has 1 unspecified atom stereocenters. The molecule has 0 fully saturated rings. The smallest absolute Gasteiger partial charge is 0.321 e. The highest BCUT2D eigenvalue weighted by molar-refractivity contribution is 5.96. The van der Waals surface area contributed by atoms with Gasteiger partial charge in [0, 0.05) is 32.0 Å². The third-order valence-electron chi connectivity index (χ3n) is 5.09. The normalized spacial score (nSPS) is 15.4. The van der Waals surface area contributed by atoms with Crippen LogP contribution in [0.15, 0.2) is 54.9 Å². The maximum atomic E-state index is 12.4. The van der Waals surface area contributed by atoms with E-state index in [9.17, 15) is 9.59 Å². The zero-order chi connectivity index (χ0) is 19.9. The van der Waals surface area contributed by atoms with Crippen LogP contribution < -0.4 is 10.6 Å². The molecule has 0 aliphatic carbocycles. The maximum absolute atomic E-state index is 12.4. The van der Waals surface area contributed by atoms with E-state index in [1.807, 2.05) is 49.5 Å². The number of aryl methyl sites for hydroxylation is 1. The highest BCUT2D eigenvalue weighted by Gasteiger charge is 2.25. The summed E-state index contributed by atoms with van der Waals surface area (Å²) in [7, 11) is 0. The first-order valence-electron chi connectivity index (χ1n) is 9.51. The molecule has 3 amide bonds. The quantitative estimate of drug-likeness (QED) is 0.839. The minimum Gasteiger partial charge on any atom is -0.334 e. The van der Waals surface area contributed by atoms with Crippen molar-refractivity contribution in [3.8, 4) is 0 Å². The topological polar surface area (TPSA) is 74.3 Å². The predicted molar refractivity (Wildman–Crippen MR) is 109 cm³/mol. The first-order valence-corrected chi connectivity index (χ1v) is 9.51. The van der Waals surface area contributed by atoms with Gasteiger partial charge in [-0.05, 0) is 48.6 Å². The zero-order valence-electron chi connectivity index (χ0n) is 16.3. The molecular weight excluding hydrogens is 352 g/mol. The van der Waals surface area contributed by atoms with Crippen molar-refractivity contribution in [3.63, 3.8) is 0 Å². The molecule has 0 saturated heterocycles. The van der Waals surface area contributed by atoms with Crippen molar-refractivity contribution in [2.45, 2.75) is 32.9 Å². The van der Waals surface area contributed by atoms with Gasteiger partial charge in [0.2, 0.25) is 5.91 Å². The number of nitrogens with zero attached hydrogens (tertiary/aromatic N) is 2. The molecule has 0 radical (unpaired) electrons. The van der Waals surface area contributed by atoms with E-state index in [0.717, 1.165) is 18.5 Å².